The number of aromatic nitrogens is 4. The van der Waals surface area contributed by atoms with Gasteiger partial charge in [-0.3, -0.25) is 14.3 Å². The lowest BCUT2D eigenvalue weighted by Crippen LogP contribution is -2.15. The van der Waals surface area contributed by atoms with E-state index in [-0.39, 0.29) is 29.1 Å². The summed E-state index contributed by atoms with van der Waals surface area (Å²) in [4.78, 5) is 24.4. The number of ketones is 1. The largest absolute Gasteiger partial charge is 0.497 e. The van der Waals surface area contributed by atoms with Gasteiger partial charge in [0.05, 0.1) is 18.1 Å². The molecule has 3 aromatic heterocycles. The number of imidazole rings is 1. The summed E-state index contributed by atoms with van der Waals surface area (Å²) in [5, 5.41) is 0. The van der Waals surface area contributed by atoms with Crippen molar-refractivity contribution < 1.29 is 22.7 Å². The number of hydrogen-bond acceptors (Lipinski definition) is 5. The molecule has 0 radical (unpaired) electrons. The van der Waals surface area contributed by atoms with Crippen LogP contribution in [0.25, 0.3) is 16.9 Å². The van der Waals surface area contributed by atoms with E-state index >= 15 is 0 Å². The van der Waals surface area contributed by atoms with Gasteiger partial charge in [0.15, 0.2) is 5.78 Å². The number of benzene rings is 1. The molecule has 0 aliphatic carbocycles. The van der Waals surface area contributed by atoms with Crippen molar-refractivity contribution in [2.45, 2.75) is 19.5 Å². The van der Waals surface area contributed by atoms with E-state index in [0.29, 0.717) is 16.9 Å². The fourth-order valence-electron chi connectivity index (χ4n) is 3.30. The standard InChI is InChI=1S/C22H17F3N4O2/c1-13-7-8-26-12-16(13)19(30)9-14-3-6-20(27-11-14)29-18-5-4-15(31-2)10-17(18)28-21(29)22(23,24)25/h3-8,10-12H,9H2,1-2H3. The van der Waals surface area contributed by atoms with Gasteiger partial charge in [0.25, 0.3) is 0 Å². The van der Waals surface area contributed by atoms with Crippen molar-refractivity contribution >= 4 is 16.8 Å². The monoisotopic (exact) mass is 426 g/mol. The first kappa shape index (κ1) is 20.5. The molecule has 4 aromatic rings. The Labute approximate surface area is 175 Å². The number of pyridine rings is 2. The predicted molar refractivity (Wildman–Crippen MR) is 107 cm³/mol. The van der Waals surface area contributed by atoms with Crippen LogP contribution in [-0.2, 0) is 12.6 Å². The first-order valence-electron chi connectivity index (χ1n) is 9.30. The fourth-order valence-corrected chi connectivity index (χ4v) is 3.30. The maximum Gasteiger partial charge on any atom is 0.450 e. The van der Waals surface area contributed by atoms with Crippen molar-refractivity contribution in [2.24, 2.45) is 0 Å². The molecule has 0 saturated heterocycles. The lowest BCUT2D eigenvalue weighted by atomic mass is 10.0. The molecule has 0 atom stereocenters. The van der Waals surface area contributed by atoms with Crippen LogP contribution in [0.2, 0.25) is 0 Å². The lowest BCUT2D eigenvalue weighted by Gasteiger charge is -2.11. The Kier molecular flexibility index (Phi) is 5.18. The maximum absolute atomic E-state index is 13.6. The van der Waals surface area contributed by atoms with Crippen LogP contribution in [0, 0.1) is 6.92 Å². The van der Waals surface area contributed by atoms with Crippen molar-refractivity contribution in [2.75, 3.05) is 7.11 Å². The van der Waals surface area contributed by atoms with Crippen molar-refractivity contribution in [3.8, 4) is 11.6 Å². The highest BCUT2D eigenvalue weighted by Crippen LogP contribution is 2.34. The average molecular weight is 426 g/mol. The molecule has 1 aromatic carbocycles. The molecule has 6 nitrogen and oxygen atoms in total. The average Bonchev–Trinajstić information content (AvgIpc) is 3.14. The van der Waals surface area contributed by atoms with Crippen LogP contribution in [0.15, 0.2) is 55.0 Å². The van der Waals surface area contributed by atoms with Crippen LogP contribution in [0.4, 0.5) is 13.2 Å². The molecular formula is C22H17F3N4O2. The van der Waals surface area contributed by atoms with Crippen LogP contribution in [0.1, 0.15) is 27.3 Å². The summed E-state index contributed by atoms with van der Waals surface area (Å²) in [5.74, 6) is -0.776. The summed E-state index contributed by atoms with van der Waals surface area (Å²) in [6.07, 6.45) is -0.116. The second-order valence-corrected chi connectivity index (χ2v) is 6.94. The molecule has 0 aliphatic heterocycles. The normalized spacial score (nSPS) is 11.6. The predicted octanol–water partition coefficient (Wildman–Crippen LogP) is 4.58. The molecule has 0 saturated carbocycles. The molecule has 3 heterocycles. The van der Waals surface area contributed by atoms with Gasteiger partial charge < -0.3 is 4.74 Å². The Morgan fingerprint density at radius 2 is 1.94 bits per heavy atom. The number of rotatable bonds is 5. The zero-order valence-electron chi connectivity index (χ0n) is 16.6. The number of alkyl halides is 3. The van der Waals surface area contributed by atoms with E-state index in [2.05, 4.69) is 15.0 Å². The van der Waals surface area contributed by atoms with Crippen LogP contribution < -0.4 is 4.74 Å². The molecule has 4 rings (SSSR count). The number of halogens is 3. The number of hydrogen-bond donors (Lipinski definition) is 0. The van der Waals surface area contributed by atoms with Crippen molar-refractivity contribution in [3.05, 3.63) is 77.5 Å². The molecule has 0 unspecified atom stereocenters. The quantitative estimate of drug-likeness (QED) is 0.437. The summed E-state index contributed by atoms with van der Waals surface area (Å²) in [6.45, 7) is 1.81. The highest BCUT2D eigenvalue weighted by Gasteiger charge is 2.38. The molecule has 0 spiro atoms. The number of fused-ring (bicyclic) bond motifs is 1. The van der Waals surface area contributed by atoms with E-state index in [0.717, 1.165) is 10.1 Å². The Hall–Kier alpha value is -3.75. The summed E-state index contributed by atoms with van der Waals surface area (Å²) >= 11 is 0. The van der Waals surface area contributed by atoms with Crippen LogP contribution in [0.3, 0.4) is 0 Å². The Morgan fingerprint density at radius 1 is 1.13 bits per heavy atom. The van der Waals surface area contributed by atoms with E-state index in [1.165, 1.54) is 37.7 Å². The second kappa shape index (κ2) is 7.82. The van der Waals surface area contributed by atoms with Gasteiger partial charge in [-0.05, 0) is 42.3 Å². The zero-order valence-corrected chi connectivity index (χ0v) is 16.6. The number of nitrogens with zero attached hydrogens (tertiary/aromatic N) is 4. The minimum Gasteiger partial charge on any atom is -0.497 e. The summed E-state index contributed by atoms with van der Waals surface area (Å²) in [5.41, 5.74) is 2.27. The van der Waals surface area contributed by atoms with E-state index in [9.17, 15) is 18.0 Å². The third-order valence-electron chi connectivity index (χ3n) is 4.86. The number of carbonyl (C=O) groups is 1. The molecule has 158 valence electrons. The fraction of sp³-hybridized carbons (Fsp3) is 0.182. The number of ether oxygens (including phenoxy) is 1. The second-order valence-electron chi connectivity index (χ2n) is 6.94. The molecule has 31 heavy (non-hydrogen) atoms. The molecule has 0 bridgehead atoms. The Bertz CT molecular complexity index is 1260. The van der Waals surface area contributed by atoms with Gasteiger partial charge in [0, 0.05) is 36.6 Å². The van der Waals surface area contributed by atoms with E-state index in [4.69, 9.17) is 4.74 Å². The van der Waals surface area contributed by atoms with Gasteiger partial charge in [0.1, 0.15) is 11.6 Å². The minimum atomic E-state index is -4.68. The lowest BCUT2D eigenvalue weighted by molar-refractivity contribution is -0.145. The van der Waals surface area contributed by atoms with Gasteiger partial charge in [-0.15, -0.1) is 0 Å². The maximum atomic E-state index is 13.6. The number of methoxy groups -OCH3 is 1. The molecule has 0 amide bonds. The first-order valence-corrected chi connectivity index (χ1v) is 9.30. The molecule has 0 fully saturated rings. The van der Waals surface area contributed by atoms with Gasteiger partial charge in [-0.1, -0.05) is 6.07 Å². The molecule has 9 heteroatoms. The van der Waals surface area contributed by atoms with E-state index in [1.807, 2.05) is 6.92 Å². The summed E-state index contributed by atoms with van der Waals surface area (Å²) < 4.78 is 46.9. The summed E-state index contributed by atoms with van der Waals surface area (Å²) in [7, 11) is 1.43. The number of aryl methyl sites for hydroxylation is 1. The van der Waals surface area contributed by atoms with Gasteiger partial charge in [-0.2, -0.15) is 13.2 Å². The van der Waals surface area contributed by atoms with Gasteiger partial charge in [-0.25, -0.2) is 9.97 Å². The highest BCUT2D eigenvalue weighted by atomic mass is 19.4. The van der Waals surface area contributed by atoms with Gasteiger partial charge in [0.2, 0.25) is 5.82 Å². The van der Waals surface area contributed by atoms with Crippen LogP contribution in [-0.4, -0.2) is 32.4 Å². The van der Waals surface area contributed by atoms with Crippen molar-refractivity contribution in [3.63, 3.8) is 0 Å². The molecule has 0 N–H and O–H groups in total. The zero-order chi connectivity index (χ0) is 22.2. The highest BCUT2D eigenvalue weighted by molar-refractivity contribution is 5.98. The van der Waals surface area contributed by atoms with E-state index < -0.39 is 12.0 Å². The molecular weight excluding hydrogens is 409 g/mol. The van der Waals surface area contributed by atoms with E-state index in [1.54, 1.807) is 24.4 Å². The topological polar surface area (TPSA) is 69.9 Å². The third-order valence-corrected chi connectivity index (χ3v) is 4.86. The Balaban J connectivity index is 1.70. The Morgan fingerprint density at radius 3 is 2.58 bits per heavy atom. The number of Topliss-reactive ketones (excluding diaryl/α,β-unsaturated/α-hetero) is 1. The minimum absolute atomic E-state index is 0.0498. The SMILES string of the molecule is COc1ccc2c(c1)nc(C(F)(F)F)n2-c1ccc(CC(=O)c2cnccc2C)cn1. The van der Waals surface area contributed by atoms with Crippen molar-refractivity contribution in [1.29, 1.82) is 0 Å². The van der Waals surface area contributed by atoms with Crippen LogP contribution in [0.5, 0.6) is 5.75 Å². The molecule has 0 aliphatic rings. The first-order chi connectivity index (χ1) is 14.8. The summed E-state index contributed by atoms with van der Waals surface area (Å²) in [6, 6.07) is 9.27. The van der Waals surface area contributed by atoms with Gasteiger partial charge >= 0.3 is 6.18 Å². The van der Waals surface area contributed by atoms with Crippen LogP contribution >= 0.6 is 0 Å². The smallest absolute Gasteiger partial charge is 0.450 e. The third kappa shape index (κ3) is 3.98. The van der Waals surface area contributed by atoms with Crippen molar-refractivity contribution in [1.82, 2.24) is 19.5 Å². The number of carbonyl (C=O) groups excluding carboxylic acids is 1.